The van der Waals surface area contributed by atoms with Crippen LogP contribution >= 0.6 is 0 Å². The smallest absolute Gasteiger partial charge is 0.118 e. The molecule has 2 rings (SSSR count). The van der Waals surface area contributed by atoms with E-state index in [2.05, 4.69) is 13.0 Å². The van der Waals surface area contributed by atoms with Gasteiger partial charge in [0.15, 0.2) is 0 Å². The summed E-state index contributed by atoms with van der Waals surface area (Å²) in [5.41, 5.74) is 3.65. The van der Waals surface area contributed by atoms with Crippen molar-refractivity contribution < 1.29 is 9.47 Å². The van der Waals surface area contributed by atoms with Crippen molar-refractivity contribution in [1.29, 1.82) is 5.26 Å². The number of nitrogens with zero attached hydrogens (tertiary/aromatic N) is 1. The van der Waals surface area contributed by atoms with Gasteiger partial charge < -0.3 is 9.47 Å². The number of methoxy groups -OCH3 is 2. The summed E-state index contributed by atoms with van der Waals surface area (Å²) in [5, 5.41) is 9.61. The van der Waals surface area contributed by atoms with E-state index in [9.17, 15) is 5.26 Å². The molecule has 0 spiro atoms. The van der Waals surface area contributed by atoms with Gasteiger partial charge in [0.05, 0.1) is 19.8 Å². The SMILES string of the molecule is CC/C(=C(\C#N)c1ccc(OC)cc1)c1ccc(OC)cc1. The molecular formula is C19H19NO2. The van der Waals surface area contributed by atoms with Crippen LogP contribution in [-0.4, -0.2) is 14.2 Å². The molecule has 0 aliphatic rings. The minimum atomic E-state index is 0.690. The molecule has 112 valence electrons. The third kappa shape index (κ3) is 3.29. The molecule has 3 nitrogen and oxygen atoms in total. The van der Waals surface area contributed by atoms with Crippen LogP contribution in [0.25, 0.3) is 11.1 Å². The zero-order valence-electron chi connectivity index (χ0n) is 13.1. The number of nitriles is 1. The van der Waals surface area contributed by atoms with Gasteiger partial charge in [-0.2, -0.15) is 5.26 Å². The first kappa shape index (κ1) is 15.7. The first-order valence-electron chi connectivity index (χ1n) is 7.15. The second-order valence-electron chi connectivity index (χ2n) is 4.78. The van der Waals surface area contributed by atoms with Crippen molar-refractivity contribution in [2.75, 3.05) is 14.2 Å². The Hall–Kier alpha value is -2.73. The highest BCUT2D eigenvalue weighted by Gasteiger charge is 2.10. The van der Waals surface area contributed by atoms with E-state index in [1.165, 1.54) is 0 Å². The quantitative estimate of drug-likeness (QED) is 0.600. The molecule has 0 saturated carbocycles. The van der Waals surface area contributed by atoms with Gasteiger partial charge in [-0.05, 0) is 59.5 Å². The average molecular weight is 293 g/mol. The Morgan fingerprint density at radius 2 is 1.32 bits per heavy atom. The Balaban J connectivity index is 2.49. The lowest BCUT2D eigenvalue weighted by Gasteiger charge is -2.11. The van der Waals surface area contributed by atoms with E-state index in [0.29, 0.717) is 5.57 Å². The summed E-state index contributed by atoms with van der Waals surface area (Å²) in [6.07, 6.45) is 0.779. The van der Waals surface area contributed by atoms with E-state index < -0.39 is 0 Å². The molecule has 0 amide bonds. The first-order valence-corrected chi connectivity index (χ1v) is 7.15. The van der Waals surface area contributed by atoms with Gasteiger partial charge in [-0.1, -0.05) is 19.1 Å². The van der Waals surface area contributed by atoms with Gasteiger partial charge in [0.2, 0.25) is 0 Å². The molecule has 0 aliphatic carbocycles. The van der Waals surface area contributed by atoms with Crippen LogP contribution in [0.1, 0.15) is 24.5 Å². The van der Waals surface area contributed by atoms with Crippen molar-refractivity contribution in [2.45, 2.75) is 13.3 Å². The lowest BCUT2D eigenvalue weighted by atomic mass is 9.93. The second kappa shape index (κ2) is 7.33. The standard InChI is InChI=1S/C19H19NO2/c1-4-18(14-5-9-16(21-2)10-6-14)19(13-20)15-7-11-17(22-3)12-8-15/h5-12H,4H2,1-3H3/b19-18-. The monoisotopic (exact) mass is 293 g/mol. The van der Waals surface area contributed by atoms with Crippen LogP contribution in [-0.2, 0) is 0 Å². The molecular weight excluding hydrogens is 274 g/mol. The topological polar surface area (TPSA) is 42.2 Å². The van der Waals surface area contributed by atoms with Gasteiger partial charge in [0.25, 0.3) is 0 Å². The molecule has 2 aromatic carbocycles. The highest BCUT2D eigenvalue weighted by molar-refractivity contribution is 5.97. The van der Waals surface area contributed by atoms with Crippen LogP contribution in [0.15, 0.2) is 48.5 Å². The molecule has 0 aliphatic heterocycles. The number of allylic oxidation sites excluding steroid dienone is 2. The molecule has 0 bridgehead atoms. The van der Waals surface area contributed by atoms with E-state index in [-0.39, 0.29) is 0 Å². The minimum absolute atomic E-state index is 0.690. The number of hydrogen-bond donors (Lipinski definition) is 0. The number of rotatable bonds is 5. The van der Waals surface area contributed by atoms with E-state index in [4.69, 9.17) is 9.47 Å². The van der Waals surface area contributed by atoms with Gasteiger partial charge >= 0.3 is 0 Å². The Labute approximate surface area is 131 Å². The summed E-state index contributed by atoms with van der Waals surface area (Å²) in [5.74, 6) is 1.59. The largest absolute Gasteiger partial charge is 0.497 e. The summed E-state index contributed by atoms with van der Waals surface area (Å²) in [6, 6.07) is 17.7. The number of hydrogen-bond acceptors (Lipinski definition) is 3. The predicted octanol–water partition coefficient (Wildman–Crippen LogP) is 4.55. The van der Waals surface area contributed by atoms with Crippen molar-refractivity contribution in [3.8, 4) is 17.6 Å². The number of ether oxygens (including phenoxy) is 2. The fraction of sp³-hybridized carbons (Fsp3) is 0.211. The zero-order chi connectivity index (χ0) is 15.9. The third-order valence-corrected chi connectivity index (χ3v) is 3.58. The molecule has 0 radical (unpaired) electrons. The molecule has 2 aromatic rings. The van der Waals surface area contributed by atoms with Crippen molar-refractivity contribution in [2.24, 2.45) is 0 Å². The van der Waals surface area contributed by atoms with Gasteiger partial charge in [-0.15, -0.1) is 0 Å². The van der Waals surface area contributed by atoms with Gasteiger partial charge in [0, 0.05) is 0 Å². The Bertz CT molecular complexity index is 692. The van der Waals surface area contributed by atoms with E-state index in [1.54, 1.807) is 14.2 Å². The molecule has 0 unspecified atom stereocenters. The van der Waals surface area contributed by atoms with Crippen molar-refractivity contribution in [3.05, 3.63) is 59.7 Å². The molecule has 0 fully saturated rings. The predicted molar refractivity (Wildman–Crippen MR) is 88.7 cm³/mol. The van der Waals surface area contributed by atoms with Gasteiger partial charge in [-0.25, -0.2) is 0 Å². The maximum atomic E-state index is 9.61. The van der Waals surface area contributed by atoms with Crippen LogP contribution < -0.4 is 9.47 Å². The normalized spacial score (nSPS) is 11.4. The maximum absolute atomic E-state index is 9.61. The molecule has 22 heavy (non-hydrogen) atoms. The van der Waals surface area contributed by atoms with Crippen molar-refractivity contribution in [3.63, 3.8) is 0 Å². The van der Waals surface area contributed by atoms with Gasteiger partial charge in [-0.3, -0.25) is 0 Å². The van der Waals surface area contributed by atoms with E-state index >= 15 is 0 Å². The minimum Gasteiger partial charge on any atom is -0.497 e. The number of benzene rings is 2. The van der Waals surface area contributed by atoms with Crippen LogP contribution in [0.3, 0.4) is 0 Å². The fourth-order valence-electron chi connectivity index (χ4n) is 2.38. The lowest BCUT2D eigenvalue weighted by Crippen LogP contribution is -1.92. The Morgan fingerprint density at radius 1 is 0.864 bits per heavy atom. The molecule has 0 heterocycles. The van der Waals surface area contributed by atoms with Crippen LogP contribution in [0, 0.1) is 11.3 Å². The highest BCUT2D eigenvalue weighted by Crippen LogP contribution is 2.30. The lowest BCUT2D eigenvalue weighted by molar-refractivity contribution is 0.414. The highest BCUT2D eigenvalue weighted by atomic mass is 16.5. The van der Waals surface area contributed by atoms with Crippen molar-refractivity contribution >= 4 is 11.1 Å². The first-order chi connectivity index (χ1) is 10.7. The van der Waals surface area contributed by atoms with Gasteiger partial charge in [0.1, 0.15) is 17.6 Å². The average Bonchev–Trinajstić information content (AvgIpc) is 2.60. The summed E-state index contributed by atoms with van der Waals surface area (Å²) in [6.45, 7) is 2.06. The summed E-state index contributed by atoms with van der Waals surface area (Å²) >= 11 is 0. The summed E-state index contributed by atoms with van der Waals surface area (Å²) in [7, 11) is 3.27. The Kier molecular flexibility index (Phi) is 5.21. The molecule has 0 saturated heterocycles. The summed E-state index contributed by atoms with van der Waals surface area (Å²) in [4.78, 5) is 0. The van der Waals surface area contributed by atoms with Crippen LogP contribution in [0.4, 0.5) is 0 Å². The van der Waals surface area contributed by atoms with Crippen molar-refractivity contribution in [1.82, 2.24) is 0 Å². The molecule has 0 atom stereocenters. The molecule has 0 aromatic heterocycles. The third-order valence-electron chi connectivity index (χ3n) is 3.58. The second-order valence-corrected chi connectivity index (χ2v) is 4.78. The van der Waals surface area contributed by atoms with Crippen LogP contribution in [0.2, 0.25) is 0 Å². The molecule has 3 heteroatoms. The Morgan fingerprint density at radius 3 is 1.68 bits per heavy atom. The molecule has 0 N–H and O–H groups in total. The summed E-state index contributed by atoms with van der Waals surface area (Å²) < 4.78 is 10.4. The fourth-order valence-corrected chi connectivity index (χ4v) is 2.38. The van der Waals surface area contributed by atoms with E-state index in [1.807, 2.05) is 48.5 Å². The maximum Gasteiger partial charge on any atom is 0.118 e. The van der Waals surface area contributed by atoms with E-state index in [0.717, 1.165) is 34.6 Å². The zero-order valence-corrected chi connectivity index (χ0v) is 13.1. The van der Waals surface area contributed by atoms with Crippen LogP contribution in [0.5, 0.6) is 11.5 Å².